The number of aromatic hydroxyl groups is 2. The van der Waals surface area contributed by atoms with Crippen molar-refractivity contribution in [3.8, 4) is 11.5 Å². The van der Waals surface area contributed by atoms with Crippen LogP contribution >= 0.6 is 7.82 Å². The maximum atomic E-state index is 11.8. The van der Waals surface area contributed by atoms with Gasteiger partial charge in [0.2, 0.25) is 0 Å². The highest BCUT2D eigenvalue weighted by atomic mass is 31.2. The molecule has 0 saturated carbocycles. The second-order valence-electron chi connectivity index (χ2n) is 5.67. The molecule has 1 aromatic carbocycles. The maximum absolute atomic E-state index is 11.8. The average Bonchev–Trinajstić information content (AvgIpc) is 2.59. The largest absolute Gasteiger partial charge is 0.504 e. The average molecular weight is 379 g/mol. The van der Waals surface area contributed by atoms with Gasteiger partial charge in [0.15, 0.2) is 11.5 Å². The Labute approximate surface area is 146 Å². The molecule has 1 unspecified atom stereocenters. The highest BCUT2D eigenvalue weighted by Crippen LogP contribution is 2.43. The molecule has 1 rings (SSSR count). The van der Waals surface area contributed by atoms with E-state index in [0.717, 1.165) is 5.56 Å². The number of nitrogens with zero attached hydrogens (tertiary/aromatic N) is 1. The Morgan fingerprint density at radius 2 is 1.60 bits per heavy atom. The molecule has 0 amide bonds. The van der Waals surface area contributed by atoms with Crippen LogP contribution in [-0.2, 0) is 20.0 Å². The number of phosphoric ester groups is 1. The summed E-state index contributed by atoms with van der Waals surface area (Å²) in [6, 6.07) is 4.45. The molecule has 1 atom stereocenters. The number of nitrogens with two attached hydrogens (primary N) is 3. The smallest absolute Gasteiger partial charge is 0.472 e. The van der Waals surface area contributed by atoms with E-state index in [4.69, 9.17) is 26.2 Å². The van der Waals surface area contributed by atoms with Crippen molar-refractivity contribution in [2.75, 3.05) is 39.8 Å². The first-order valence-electron chi connectivity index (χ1n) is 7.85. The van der Waals surface area contributed by atoms with Crippen LogP contribution in [0, 0.1) is 0 Å². The second kappa shape index (κ2) is 10.0. The van der Waals surface area contributed by atoms with Crippen LogP contribution in [0.3, 0.4) is 0 Å². The summed E-state index contributed by atoms with van der Waals surface area (Å²) in [5.41, 5.74) is 17.6. The standard InChI is InChI=1S/C14H27N4O6P/c15-9-18(10-16,11-17)5-7-24-25(21,22)23-6-1-2-12-3-4-13(19)14(20)8-12/h3-4,8H,1-2,5-7,9-11,15-17H2,(H2-,19,20,21,22)/p+1. The Balaban J connectivity index is 2.33. The van der Waals surface area contributed by atoms with Gasteiger partial charge < -0.3 is 15.1 Å². The van der Waals surface area contributed by atoms with Crippen molar-refractivity contribution in [3.63, 3.8) is 0 Å². The molecule has 0 spiro atoms. The second-order valence-corrected chi connectivity index (χ2v) is 7.13. The van der Waals surface area contributed by atoms with Crippen molar-refractivity contribution in [2.45, 2.75) is 12.8 Å². The van der Waals surface area contributed by atoms with Crippen molar-refractivity contribution in [1.82, 2.24) is 0 Å². The van der Waals surface area contributed by atoms with E-state index in [1.54, 1.807) is 6.07 Å². The molecule has 25 heavy (non-hydrogen) atoms. The fourth-order valence-electron chi connectivity index (χ4n) is 2.07. The van der Waals surface area contributed by atoms with E-state index in [1.807, 2.05) is 0 Å². The SMILES string of the molecule is NC[N+](CN)(CN)CCOP(=O)(O)OCCCc1ccc(O)c(O)c1. The summed E-state index contributed by atoms with van der Waals surface area (Å²) in [7, 11) is -4.17. The van der Waals surface area contributed by atoms with Gasteiger partial charge in [0.1, 0.15) is 33.2 Å². The lowest BCUT2D eigenvalue weighted by molar-refractivity contribution is -0.927. The summed E-state index contributed by atoms with van der Waals surface area (Å²) in [5, 5.41) is 18.6. The molecule has 1 aromatic rings. The highest BCUT2D eigenvalue weighted by molar-refractivity contribution is 7.47. The van der Waals surface area contributed by atoms with Crippen LogP contribution in [0.25, 0.3) is 0 Å². The fourth-order valence-corrected chi connectivity index (χ4v) is 2.81. The number of quaternary nitrogens is 1. The zero-order valence-corrected chi connectivity index (χ0v) is 15.0. The minimum Gasteiger partial charge on any atom is -0.504 e. The van der Waals surface area contributed by atoms with Crippen LogP contribution in [0.2, 0.25) is 0 Å². The molecule has 0 aliphatic heterocycles. The molecule has 0 aliphatic rings. The predicted octanol–water partition coefficient (Wildman–Crippen LogP) is -0.271. The molecule has 144 valence electrons. The summed E-state index contributed by atoms with van der Waals surface area (Å²) >= 11 is 0. The molecular weight excluding hydrogens is 351 g/mol. The van der Waals surface area contributed by atoms with Gasteiger partial charge in [0.05, 0.1) is 6.61 Å². The first-order chi connectivity index (χ1) is 11.8. The quantitative estimate of drug-likeness (QED) is 0.0938. The first kappa shape index (κ1) is 21.8. The molecule has 0 fully saturated rings. The number of phenolic OH excluding ortho intramolecular Hbond substituents is 2. The highest BCUT2D eigenvalue weighted by Gasteiger charge is 2.26. The number of phosphoric acid groups is 1. The molecule has 0 aromatic heterocycles. The molecule has 0 radical (unpaired) electrons. The maximum Gasteiger partial charge on any atom is 0.472 e. The van der Waals surface area contributed by atoms with Gasteiger partial charge in [-0.15, -0.1) is 0 Å². The van der Waals surface area contributed by atoms with E-state index in [1.165, 1.54) is 12.1 Å². The van der Waals surface area contributed by atoms with Gasteiger partial charge in [-0.1, -0.05) is 6.07 Å². The lowest BCUT2D eigenvalue weighted by Gasteiger charge is -2.34. The van der Waals surface area contributed by atoms with Gasteiger partial charge in [0, 0.05) is 0 Å². The van der Waals surface area contributed by atoms with Gasteiger partial charge in [-0.3, -0.25) is 30.7 Å². The van der Waals surface area contributed by atoms with Gasteiger partial charge in [-0.05, 0) is 30.5 Å². The van der Waals surface area contributed by atoms with Crippen molar-refractivity contribution < 1.29 is 33.2 Å². The van der Waals surface area contributed by atoms with Crippen molar-refractivity contribution in [3.05, 3.63) is 23.8 Å². The van der Waals surface area contributed by atoms with Crippen LogP contribution in [0.1, 0.15) is 12.0 Å². The normalized spacial score (nSPS) is 14.4. The van der Waals surface area contributed by atoms with Crippen molar-refractivity contribution >= 4 is 7.82 Å². The van der Waals surface area contributed by atoms with Crippen LogP contribution in [0.5, 0.6) is 11.5 Å². The monoisotopic (exact) mass is 379 g/mol. The summed E-state index contributed by atoms with van der Waals surface area (Å²) in [6.45, 7) is 0.834. The first-order valence-corrected chi connectivity index (χ1v) is 9.35. The molecule has 0 heterocycles. The number of aryl methyl sites for hydroxylation is 1. The Hall–Kier alpha value is -1.23. The third-order valence-corrected chi connectivity index (χ3v) is 4.90. The van der Waals surface area contributed by atoms with E-state index < -0.39 is 7.82 Å². The number of hydrogen-bond acceptors (Lipinski definition) is 8. The summed E-state index contributed by atoms with van der Waals surface area (Å²) in [6.07, 6.45) is 0.938. The third-order valence-electron chi connectivity index (χ3n) is 3.89. The molecular formula is C14H28N4O6P+. The minimum atomic E-state index is -4.17. The number of phenols is 2. The zero-order chi connectivity index (χ0) is 18.9. The van der Waals surface area contributed by atoms with E-state index in [-0.39, 0.29) is 49.2 Å². The summed E-state index contributed by atoms with van der Waals surface area (Å²) in [4.78, 5) is 9.64. The van der Waals surface area contributed by atoms with Gasteiger partial charge in [-0.25, -0.2) is 4.57 Å². The molecule has 0 bridgehead atoms. The van der Waals surface area contributed by atoms with Gasteiger partial charge in [-0.2, -0.15) is 0 Å². The Morgan fingerprint density at radius 1 is 1.00 bits per heavy atom. The topological polar surface area (TPSA) is 174 Å². The Morgan fingerprint density at radius 3 is 2.16 bits per heavy atom. The zero-order valence-electron chi connectivity index (χ0n) is 14.1. The van der Waals surface area contributed by atoms with Crippen LogP contribution in [-0.4, -0.2) is 59.4 Å². The fraction of sp³-hybridized carbons (Fsp3) is 0.571. The van der Waals surface area contributed by atoms with Crippen LogP contribution in [0.4, 0.5) is 0 Å². The lowest BCUT2D eigenvalue weighted by Crippen LogP contribution is -2.59. The summed E-state index contributed by atoms with van der Waals surface area (Å²) in [5.74, 6) is -0.411. The van der Waals surface area contributed by atoms with E-state index in [9.17, 15) is 19.7 Å². The number of rotatable bonds is 12. The third kappa shape index (κ3) is 7.27. The van der Waals surface area contributed by atoms with Crippen LogP contribution in [0.15, 0.2) is 18.2 Å². The molecule has 9 N–H and O–H groups in total. The summed E-state index contributed by atoms with van der Waals surface area (Å²) < 4.78 is 21.8. The Kier molecular flexibility index (Phi) is 8.77. The minimum absolute atomic E-state index is 0.0000821. The molecule has 0 saturated heterocycles. The van der Waals surface area contributed by atoms with Gasteiger partial charge in [0.25, 0.3) is 0 Å². The predicted molar refractivity (Wildman–Crippen MR) is 92.1 cm³/mol. The number of hydrogen-bond donors (Lipinski definition) is 6. The molecule has 0 aliphatic carbocycles. The van der Waals surface area contributed by atoms with Gasteiger partial charge >= 0.3 is 7.82 Å². The van der Waals surface area contributed by atoms with Crippen molar-refractivity contribution in [1.29, 1.82) is 0 Å². The van der Waals surface area contributed by atoms with E-state index in [0.29, 0.717) is 19.4 Å². The van der Waals surface area contributed by atoms with E-state index >= 15 is 0 Å². The molecule has 10 nitrogen and oxygen atoms in total. The Bertz CT molecular complexity index is 576. The lowest BCUT2D eigenvalue weighted by atomic mass is 10.1. The number of benzene rings is 1. The molecule has 11 heteroatoms. The van der Waals surface area contributed by atoms with E-state index in [2.05, 4.69) is 0 Å². The van der Waals surface area contributed by atoms with Crippen LogP contribution < -0.4 is 17.2 Å². The van der Waals surface area contributed by atoms with Crippen molar-refractivity contribution in [2.24, 2.45) is 17.2 Å².